The molecule has 1 fully saturated rings. The van der Waals surface area contributed by atoms with E-state index in [9.17, 15) is 4.79 Å². The predicted molar refractivity (Wildman–Crippen MR) is 84.3 cm³/mol. The monoisotopic (exact) mass is 309 g/mol. The third-order valence-electron chi connectivity index (χ3n) is 3.80. The normalized spacial score (nSPS) is 18.9. The Morgan fingerprint density at radius 2 is 2.30 bits per heavy atom. The van der Waals surface area contributed by atoms with E-state index >= 15 is 0 Å². The number of carbonyl (C=O) groups excluding carboxylic acids is 1. The van der Waals surface area contributed by atoms with Gasteiger partial charge >= 0.3 is 0 Å². The van der Waals surface area contributed by atoms with Crippen LogP contribution in [0.1, 0.15) is 16.1 Å². The fraction of sp³-hybridized carbons (Fsp3) is 0.357. The molecule has 1 aromatic carbocycles. The second kappa shape index (κ2) is 5.24. The Morgan fingerprint density at radius 3 is 2.95 bits per heavy atom. The number of halogens is 1. The van der Waals surface area contributed by atoms with E-state index in [2.05, 4.69) is 0 Å². The maximum atomic E-state index is 12.6. The van der Waals surface area contributed by atoms with Crippen molar-refractivity contribution in [2.24, 2.45) is 11.7 Å². The van der Waals surface area contributed by atoms with Crippen molar-refractivity contribution in [1.29, 1.82) is 0 Å². The largest absolute Gasteiger partial charge is 0.397 e. The van der Waals surface area contributed by atoms with Crippen molar-refractivity contribution in [3.05, 3.63) is 28.1 Å². The van der Waals surface area contributed by atoms with Gasteiger partial charge in [0.25, 0.3) is 5.91 Å². The number of nitrogens with two attached hydrogens (primary N) is 2. The molecule has 1 aliphatic rings. The SMILES string of the molecule is NCC1CCN(C(=O)c2sc3cccc(Cl)c3c2N)C1. The van der Waals surface area contributed by atoms with Gasteiger partial charge in [0.05, 0.1) is 10.7 Å². The molecule has 0 saturated carbocycles. The first-order chi connectivity index (χ1) is 9.61. The molecule has 4 N–H and O–H groups in total. The molecule has 3 rings (SSSR count). The summed E-state index contributed by atoms with van der Waals surface area (Å²) in [5.74, 6) is 0.397. The Balaban J connectivity index is 1.96. The van der Waals surface area contributed by atoms with Crippen molar-refractivity contribution in [2.75, 3.05) is 25.4 Å². The van der Waals surface area contributed by atoms with Gasteiger partial charge in [-0.05, 0) is 31.0 Å². The highest BCUT2D eigenvalue weighted by atomic mass is 35.5. The standard InChI is InChI=1S/C14H16ClN3OS/c15-9-2-1-3-10-11(9)12(17)13(20-10)14(19)18-5-4-8(6-16)7-18/h1-3,8H,4-7,16-17H2. The summed E-state index contributed by atoms with van der Waals surface area (Å²) in [7, 11) is 0. The summed E-state index contributed by atoms with van der Waals surface area (Å²) in [4.78, 5) is 15.0. The predicted octanol–water partition coefficient (Wildman–Crippen LogP) is 2.56. The van der Waals surface area contributed by atoms with Gasteiger partial charge in [-0.3, -0.25) is 4.79 Å². The summed E-state index contributed by atoms with van der Waals surface area (Å²) < 4.78 is 0.952. The highest BCUT2D eigenvalue weighted by Crippen LogP contribution is 2.39. The Hall–Kier alpha value is -1.30. The van der Waals surface area contributed by atoms with Gasteiger partial charge in [0, 0.05) is 23.2 Å². The van der Waals surface area contributed by atoms with Crippen LogP contribution in [0.5, 0.6) is 0 Å². The summed E-state index contributed by atoms with van der Waals surface area (Å²) in [6, 6.07) is 5.60. The van der Waals surface area contributed by atoms with Crippen LogP contribution in [0.25, 0.3) is 10.1 Å². The molecule has 6 heteroatoms. The van der Waals surface area contributed by atoms with Gasteiger partial charge < -0.3 is 16.4 Å². The molecular weight excluding hydrogens is 294 g/mol. The summed E-state index contributed by atoms with van der Waals surface area (Å²) in [6.45, 7) is 2.09. The summed E-state index contributed by atoms with van der Waals surface area (Å²) in [6.07, 6.45) is 0.966. The zero-order valence-corrected chi connectivity index (χ0v) is 12.5. The molecule has 1 unspecified atom stereocenters. The maximum absolute atomic E-state index is 12.6. The van der Waals surface area contributed by atoms with E-state index in [0.717, 1.165) is 29.6 Å². The van der Waals surface area contributed by atoms with Gasteiger partial charge in [0.15, 0.2) is 0 Å². The molecule has 106 valence electrons. The van der Waals surface area contributed by atoms with Gasteiger partial charge in [-0.15, -0.1) is 11.3 Å². The number of hydrogen-bond donors (Lipinski definition) is 2. The van der Waals surface area contributed by atoms with Crippen molar-refractivity contribution < 1.29 is 4.79 Å². The number of carbonyl (C=O) groups is 1. The number of likely N-dealkylation sites (tertiary alicyclic amines) is 1. The number of hydrogen-bond acceptors (Lipinski definition) is 4. The molecule has 1 amide bonds. The highest BCUT2D eigenvalue weighted by Gasteiger charge is 2.29. The molecule has 4 nitrogen and oxygen atoms in total. The Morgan fingerprint density at radius 1 is 1.50 bits per heavy atom. The minimum atomic E-state index is -0.00397. The Labute approximate surface area is 126 Å². The maximum Gasteiger partial charge on any atom is 0.266 e. The van der Waals surface area contributed by atoms with Crippen molar-refractivity contribution in [3.63, 3.8) is 0 Å². The van der Waals surface area contributed by atoms with E-state index in [0.29, 0.717) is 28.0 Å². The summed E-state index contributed by atoms with van der Waals surface area (Å²) in [5, 5.41) is 1.38. The van der Waals surface area contributed by atoms with Gasteiger partial charge in [-0.2, -0.15) is 0 Å². The molecule has 2 heterocycles. The van der Waals surface area contributed by atoms with Gasteiger partial charge in [-0.1, -0.05) is 17.7 Å². The van der Waals surface area contributed by atoms with Crippen molar-refractivity contribution in [1.82, 2.24) is 4.90 Å². The van der Waals surface area contributed by atoms with Crippen LogP contribution in [0.2, 0.25) is 5.02 Å². The van der Waals surface area contributed by atoms with Gasteiger partial charge in [0.1, 0.15) is 4.88 Å². The van der Waals surface area contributed by atoms with E-state index in [1.54, 1.807) is 6.07 Å². The van der Waals surface area contributed by atoms with Crippen LogP contribution in [0.3, 0.4) is 0 Å². The van der Waals surface area contributed by atoms with Gasteiger partial charge in [0.2, 0.25) is 0 Å². The van der Waals surface area contributed by atoms with Crippen LogP contribution in [-0.2, 0) is 0 Å². The van der Waals surface area contributed by atoms with Crippen molar-refractivity contribution in [2.45, 2.75) is 6.42 Å². The van der Waals surface area contributed by atoms with Crippen LogP contribution in [0.4, 0.5) is 5.69 Å². The lowest BCUT2D eigenvalue weighted by atomic mass is 10.1. The first kappa shape index (κ1) is 13.7. The minimum Gasteiger partial charge on any atom is -0.397 e. The number of nitrogens with zero attached hydrogens (tertiary/aromatic N) is 1. The van der Waals surface area contributed by atoms with Crippen LogP contribution in [0, 0.1) is 5.92 Å². The lowest BCUT2D eigenvalue weighted by Crippen LogP contribution is -2.29. The van der Waals surface area contributed by atoms with E-state index in [4.69, 9.17) is 23.1 Å². The second-order valence-electron chi connectivity index (χ2n) is 5.10. The average molecular weight is 310 g/mol. The van der Waals surface area contributed by atoms with E-state index in [1.165, 1.54) is 11.3 Å². The van der Waals surface area contributed by atoms with Crippen molar-refractivity contribution >= 4 is 44.6 Å². The lowest BCUT2D eigenvalue weighted by Gasteiger charge is -2.15. The average Bonchev–Trinajstić information content (AvgIpc) is 3.04. The smallest absolute Gasteiger partial charge is 0.266 e. The molecule has 2 aromatic rings. The number of nitrogen functional groups attached to an aromatic ring is 1. The molecule has 1 atom stereocenters. The second-order valence-corrected chi connectivity index (χ2v) is 6.56. The van der Waals surface area contributed by atoms with Crippen LogP contribution in [0.15, 0.2) is 18.2 Å². The lowest BCUT2D eigenvalue weighted by molar-refractivity contribution is 0.0793. The number of benzene rings is 1. The molecule has 20 heavy (non-hydrogen) atoms. The number of anilines is 1. The third kappa shape index (κ3) is 2.16. The van der Waals surface area contributed by atoms with Gasteiger partial charge in [-0.25, -0.2) is 0 Å². The van der Waals surface area contributed by atoms with E-state index in [1.807, 2.05) is 17.0 Å². The number of fused-ring (bicyclic) bond motifs is 1. The summed E-state index contributed by atoms with van der Waals surface area (Å²) >= 11 is 7.58. The quantitative estimate of drug-likeness (QED) is 0.895. The first-order valence-corrected chi connectivity index (χ1v) is 7.77. The van der Waals surface area contributed by atoms with Crippen LogP contribution >= 0.6 is 22.9 Å². The number of thiophene rings is 1. The number of amides is 1. The highest BCUT2D eigenvalue weighted by molar-refractivity contribution is 7.21. The first-order valence-electron chi connectivity index (χ1n) is 6.57. The van der Waals surface area contributed by atoms with E-state index < -0.39 is 0 Å². The minimum absolute atomic E-state index is 0.00397. The third-order valence-corrected chi connectivity index (χ3v) is 5.28. The molecule has 1 aliphatic heterocycles. The fourth-order valence-electron chi connectivity index (χ4n) is 2.64. The molecule has 1 saturated heterocycles. The molecule has 0 bridgehead atoms. The zero-order chi connectivity index (χ0) is 14.3. The molecule has 1 aromatic heterocycles. The Bertz CT molecular complexity index is 670. The Kier molecular flexibility index (Phi) is 3.58. The summed E-state index contributed by atoms with van der Waals surface area (Å²) in [5.41, 5.74) is 12.3. The molecular formula is C14H16ClN3OS. The molecule has 0 radical (unpaired) electrons. The zero-order valence-electron chi connectivity index (χ0n) is 10.9. The van der Waals surface area contributed by atoms with Crippen molar-refractivity contribution in [3.8, 4) is 0 Å². The fourth-order valence-corrected chi connectivity index (χ4v) is 4.09. The van der Waals surface area contributed by atoms with E-state index in [-0.39, 0.29) is 5.91 Å². The topological polar surface area (TPSA) is 72.3 Å². The molecule has 0 spiro atoms. The van der Waals surface area contributed by atoms with Crippen LogP contribution in [-0.4, -0.2) is 30.4 Å². The molecule has 0 aliphatic carbocycles. The van der Waals surface area contributed by atoms with Crippen LogP contribution < -0.4 is 11.5 Å². The number of rotatable bonds is 2.